The first-order chi connectivity index (χ1) is 9.09. The number of unbranched alkanes of at least 4 members (excludes halogenated alkanes) is 1. The fraction of sp³-hybridized carbons (Fsp3) is 0.500. The van der Waals surface area contributed by atoms with Crippen LogP contribution in [0.1, 0.15) is 19.3 Å². The molecular formula is C14H20ClNO3. The molecule has 19 heavy (non-hydrogen) atoms. The number of halogens is 1. The maximum atomic E-state index is 10.4. The lowest BCUT2D eigenvalue weighted by atomic mass is 10.2. The van der Waals surface area contributed by atoms with Gasteiger partial charge in [-0.25, -0.2) is 0 Å². The van der Waals surface area contributed by atoms with Crippen LogP contribution in [-0.4, -0.2) is 42.7 Å². The van der Waals surface area contributed by atoms with Crippen molar-refractivity contribution in [3.05, 3.63) is 29.3 Å². The number of para-hydroxylation sites is 1. The Morgan fingerprint density at radius 1 is 1.32 bits per heavy atom. The minimum absolute atomic E-state index is 0.240. The smallest absolute Gasteiger partial charge is 0.303 e. The molecule has 1 rings (SSSR count). The van der Waals surface area contributed by atoms with E-state index in [1.54, 1.807) is 6.07 Å². The predicted molar refractivity (Wildman–Crippen MR) is 75.9 cm³/mol. The van der Waals surface area contributed by atoms with Gasteiger partial charge in [-0.15, -0.1) is 0 Å². The molecule has 0 aromatic heterocycles. The van der Waals surface area contributed by atoms with Crippen LogP contribution in [0.3, 0.4) is 0 Å². The second-order valence-electron chi connectivity index (χ2n) is 4.43. The number of hydrogen-bond donors (Lipinski definition) is 1. The normalized spacial score (nSPS) is 10.7. The monoisotopic (exact) mass is 285 g/mol. The Balaban J connectivity index is 2.12. The van der Waals surface area contributed by atoms with Crippen molar-refractivity contribution in [3.8, 4) is 5.75 Å². The van der Waals surface area contributed by atoms with Gasteiger partial charge >= 0.3 is 5.97 Å². The van der Waals surface area contributed by atoms with Crippen LogP contribution >= 0.6 is 11.6 Å². The molecular weight excluding hydrogens is 266 g/mol. The molecule has 106 valence electrons. The first-order valence-corrected chi connectivity index (χ1v) is 6.75. The van der Waals surface area contributed by atoms with E-state index in [0.29, 0.717) is 23.8 Å². The van der Waals surface area contributed by atoms with Gasteiger partial charge in [0.1, 0.15) is 12.4 Å². The third-order valence-electron chi connectivity index (χ3n) is 2.75. The zero-order valence-corrected chi connectivity index (χ0v) is 11.9. The summed E-state index contributed by atoms with van der Waals surface area (Å²) in [5.74, 6) is -0.0341. The molecule has 1 aromatic carbocycles. The largest absolute Gasteiger partial charge is 0.491 e. The van der Waals surface area contributed by atoms with Gasteiger partial charge in [0, 0.05) is 13.0 Å². The Kier molecular flexibility index (Phi) is 7.30. The Hall–Kier alpha value is -1.26. The van der Waals surface area contributed by atoms with Gasteiger partial charge in [0.05, 0.1) is 5.02 Å². The van der Waals surface area contributed by atoms with E-state index in [0.717, 1.165) is 19.5 Å². The molecule has 0 saturated carbocycles. The zero-order chi connectivity index (χ0) is 14.1. The SMILES string of the molecule is CN(CCCCC(=O)O)CCOc1ccccc1Cl. The van der Waals surface area contributed by atoms with Gasteiger partial charge in [-0.05, 0) is 38.6 Å². The first-order valence-electron chi connectivity index (χ1n) is 6.37. The van der Waals surface area contributed by atoms with Crippen LogP contribution in [0, 0.1) is 0 Å². The molecule has 5 heteroatoms. The molecule has 0 atom stereocenters. The molecule has 0 fully saturated rings. The lowest BCUT2D eigenvalue weighted by Gasteiger charge is -2.16. The lowest BCUT2D eigenvalue weighted by Crippen LogP contribution is -2.25. The number of hydrogen-bond acceptors (Lipinski definition) is 3. The van der Waals surface area contributed by atoms with E-state index in [1.807, 2.05) is 25.2 Å². The fourth-order valence-electron chi connectivity index (χ4n) is 1.64. The van der Waals surface area contributed by atoms with Crippen LogP contribution in [0.4, 0.5) is 0 Å². The van der Waals surface area contributed by atoms with Gasteiger partial charge in [0.25, 0.3) is 0 Å². The second-order valence-corrected chi connectivity index (χ2v) is 4.84. The van der Waals surface area contributed by atoms with Crippen LogP contribution in [0.25, 0.3) is 0 Å². The average Bonchev–Trinajstić information content (AvgIpc) is 2.37. The zero-order valence-electron chi connectivity index (χ0n) is 11.1. The average molecular weight is 286 g/mol. The lowest BCUT2D eigenvalue weighted by molar-refractivity contribution is -0.137. The summed E-state index contributed by atoms with van der Waals surface area (Å²) in [6, 6.07) is 7.39. The molecule has 4 nitrogen and oxygen atoms in total. The predicted octanol–water partition coefficient (Wildman–Crippen LogP) is 2.91. The van der Waals surface area contributed by atoms with Crippen molar-refractivity contribution in [2.75, 3.05) is 26.7 Å². The molecule has 0 spiro atoms. The number of carboxylic acids is 1. The van der Waals surface area contributed by atoms with Gasteiger partial charge in [-0.3, -0.25) is 4.79 Å². The number of likely N-dealkylation sites (N-methyl/N-ethyl adjacent to an activating group) is 1. The molecule has 1 aromatic rings. The summed E-state index contributed by atoms with van der Waals surface area (Å²) in [5, 5.41) is 9.14. The second kappa shape index (κ2) is 8.77. The molecule has 0 amide bonds. The summed E-state index contributed by atoms with van der Waals surface area (Å²) in [4.78, 5) is 12.5. The van der Waals surface area contributed by atoms with Crippen molar-refractivity contribution in [1.82, 2.24) is 4.90 Å². The highest BCUT2D eigenvalue weighted by molar-refractivity contribution is 6.32. The quantitative estimate of drug-likeness (QED) is 0.709. The van der Waals surface area contributed by atoms with Gasteiger partial charge in [-0.1, -0.05) is 23.7 Å². The van der Waals surface area contributed by atoms with E-state index in [4.69, 9.17) is 21.4 Å². The minimum Gasteiger partial charge on any atom is -0.491 e. The van der Waals surface area contributed by atoms with Crippen molar-refractivity contribution in [3.63, 3.8) is 0 Å². The van der Waals surface area contributed by atoms with Gasteiger partial charge in [-0.2, -0.15) is 0 Å². The summed E-state index contributed by atoms with van der Waals surface area (Å²) >= 11 is 5.98. The van der Waals surface area contributed by atoms with Crippen molar-refractivity contribution < 1.29 is 14.6 Å². The maximum absolute atomic E-state index is 10.4. The summed E-state index contributed by atoms with van der Waals surface area (Å²) in [6.45, 7) is 2.23. The number of carbonyl (C=O) groups is 1. The van der Waals surface area contributed by atoms with E-state index < -0.39 is 5.97 Å². The van der Waals surface area contributed by atoms with Crippen LogP contribution in [-0.2, 0) is 4.79 Å². The molecule has 0 aliphatic heterocycles. The number of rotatable bonds is 9. The highest BCUT2D eigenvalue weighted by Gasteiger charge is 2.03. The van der Waals surface area contributed by atoms with E-state index in [1.165, 1.54) is 0 Å². The minimum atomic E-state index is -0.732. The van der Waals surface area contributed by atoms with E-state index in [9.17, 15) is 4.79 Å². The summed E-state index contributed by atoms with van der Waals surface area (Å²) in [5.41, 5.74) is 0. The Bertz CT molecular complexity index is 398. The molecule has 0 saturated heterocycles. The molecule has 0 aliphatic rings. The highest BCUT2D eigenvalue weighted by atomic mass is 35.5. The van der Waals surface area contributed by atoms with Crippen molar-refractivity contribution in [1.29, 1.82) is 0 Å². The summed E-state index contributed by atoms with van der Waals surface area (Å²) in [7, 11) is 2.00. The Morgan fingerprint density at radius 2 is 2.05 bits per heavy atom. The number of benzene rings is 1. The van der Waals surface area contributed by atoms with Crippen LogP contribution in [0.2, 0.25) is 5.02 Å². The van der Waals surface area contributed by atoms with Gasteiger partial charge < -0.3 is 14.7 Å². The third kappa shape index (κ3) is 7.03. The van der Waals surface area contributed by atoms with Gasteiger partial charge in [0.15, 0.2) is 0 Å². The van der Waals surface area contributed by atoms with E-state index >= 15 is 0 Å². The Morgan fingerprint density at radius 3 is 2.74 bits per heavy atom. The van der Waals surface area contributed by atoms with Crippen molar-refractivity contribution in [2.45, 2.75) is 19.3 Å². The van der Waals surface area contributed by atoms with Crippen LogP contribution in [0.5, 0.6) is 5.75 Å². The van der Waals surface area contributed by atoms with Gasteiger partial charge in [0.2, 0.25) is 0 Å². The highest BCUT2D eigenvalue weighted by Crippen LogP contribution is 2.22. The van der Waals surface area contributed by atoms with Crippen LogP contribution in [0.15, 0.2) is 24.3 Å². The van der Waals surface area contributed by atoms with E-state index in [2.05, 4.69) is 4.90 Å². The fourth-order valence-corrected chi connectivity index (χ4v) is 1.83. The molecule has 0 heterocycles. The standard InChI is InChI=1S/C14H20ClNO3/c1-16(9-5-4-8-14(17)18)10-11-19-13-7-3-2-6-12(13)15/h2-3,6-7H,4-5,8-11H2,1H3,(H,17,18). The summed E-state index contributed by atoms with van der Waals surface area (Å²) < 4.78 is 5.58. The topological polar surface area (TPSA) is 49.8 Å². The molecule has 1 N–H and O–H groups in total. The number of aliphatic carboxylic acids is 1. The first kappa shape index (κ1) is 15.8. The number of carboxylic acid groups (broad SMARTS) is 1. The molecule has 0 radical (unpaired) electrons. The van der Waals surface area contributed by atoms with Crippen molar-refractivity contribution >= 4 is 17.6 Å². The molecule has 0 unspecified atom stereocenters. The number of nitrogens with zero attached hydrogens (tertiary/aromatic N) is 1. The summed E-state index contributed by atoms with van der Waals surface area (Å²) in [6.07, 6.45) is 1.84. The third-order valence-corrected chi connectivity index (χ3v) is 3.06. The van der Waals surface area contributed by atoms with E-state index in [-0.39, 0.29) is 6.42 Å². The maximum Gasteiger partial charge on any atom is 0.303 e. The van der Waals surface area contributed by atoms with Crippen molar-refractivity contribution in [2.24, 2.45) is 0 Å². The molecule has 0 aliphatic carbocycles. The van der Waals surface area contributed by atoms with Crippen LogP contribution < -0.4 is 4.74 Å². The number of ether oxygens (including phenoxy) is 1. The Labute approximate surface area is 118 Å². The molecule has 0 bridgehead atoms.